The van der Waals surface area contributed by atoms with Gasteiger partial charge in [-0.25, -0.2) is 15.2 Å². The Balaban J connectivity index is 1.21. The Morgan fingerprint density at radius 1 is 1.08 bits per heavy atom. The van der Waals surface area contributed by atoms with Crippen LogP contribution in [0, 0.1) is 17.8 Å². The van der Waals surface area contributed by atoms with Gasteiger partial charge in [0.2, 0.25) is 0 Å². The fourth-order valence-electron chi connectivity index (χ4n) is 7.76. The molecule has 9 nitrogen and oxygen atoms in total. The van der Waals surface area contributed by atoms with Crippen LogP contribution in [-0.4, -0.2) is 38.4 Å². The number of carbonyl (C=O) groups excluding carboxylic acids is 1. The van der Waals surface area contributed by atoms with E-state index in [1.54, 1.807) is 12.1 Å². The molecule has 5 aliphatic carbocycles. The Morgan fingerprint density at radius 3 is 2.39 bits per heavy atom. The SMILES string of the molecule is N/C(=N\NC(=O)c1nc(C2CCCCC2)[nH]c1COC12CC3CC(CC(C3)C1)C2)c1cccc(C(=O)O)c1. The third-order valence-electron chi connectivity index (χ3n) is 9.19. The maximum absolute atomic E-state index is 13.3. The average Bonchev–Trinajstić information content (AvgIpc) is 3.35. The minimum Gasteiger partial charge on any atom is -0.478 e. The monoisotopic (exact) mass is 519 g/mol. The lowest BCUT2D eigenvalue weighted by Crippen LogP contribution is -2.51. The lowest BCUT2D eigenvalue weighted by Gasteiger charge is -2.56. The number of aromatic nitrogens is 2. The van der Waals surface area contributed by atoms with Crippen molar-refractivity contribution in [3.63, 3.8) is 0 Å². The molecule has 4 bridgehead atoms. The zero-order valence-corrected chi connectivity index (χ0v) is 21.7. The van der Waals surface area contributed by atoms with Gasteiger partial charge in [-0.3, -0.25) is 4.79 Å². The van der Waals surface area contributed by atoms with Crippen LogP contribution in [0.25, 0.3) is 0 Å². The number of nitrogens with one attached hydrogen (secondary N) is 2. The fourth-order valence-corrected chi connectivity index (χ4v) is 7.76. The third kappa shape index (κ3) is 5.08. The van der Waals surface area contributed by atoms with Gasteiger partial charge in [0.25, 0.3) is 5.91 Å². The number of hydrogen-bond donors (Lipinski definition) is 4. The first-order chi connectivity index (χ1) is 18.4. The molecular formula is C29H37N5O4. The van der Waals surface area contributed by atoms with E-state index >= 15 is 0 Å². The molecule has 0 saturated heterocycles. The highest BCUT2D eigenvalue weighted by Crippen LogP contribution is 2.57. The second-order valence-electron chi connectivity index (χ2n) is 12.0. The maximum atomic E-state index is 13.3. The first-order valence-electron chi connectivity index (χ1n) is 14.1. The smallest absolute Gasteiger partial charge is 0.335 e. The number of hydrogen-bond acceptors (Lipinski definition) is 5. The van der Waals surface area contributed by atoms with Crippen LogP contribution >= 0.6 is 0 Å². The van der Waals surface area contributed by atoms with Gasteiger partial charge in [0.1, 0.15) is 5.82 Å². The summed E-state index contributed by atoms with van der Waals surface area (Å²) in [5, 5.41) is 13.3. The molecule has 0 aliphatic heterocycles. The van der Waals surface area contributed by atoms with Crippen molar-refractivity contribution < 1.29 is 19.4 Å². The van der Waals surface area contributed by atoms with Crippen LogP contribution in [0.4, 0.5) is 0 Å². The van der Waals surface area contributed by atoms with Gasteiger partial charge < -0.3 is 20.6 Å². The number of hydrazone groups is 1. The third-order valence-corrected chi connectivity index (χ3v) is 9.19. The number of carbonyl (C=O) groups is 2. The number of carboxylic acids is 1. The lowest BCUT2D eigenvalue weighted by atomic mass is 9.54. The minimum absolute atomic E-state index is 0.0239. The van der Waals surface area contributed by atoms with E-state index in [4.69, 9.17) is 15.5 Å². The van der Waals surface area contributed by atoms with E-state index in [0.29, 0.717) is 29.5 Å². The first-order valence-corrected chi connectivity index (χ1v) is 14.1. The van der Waals surface area contributed by atoms with Crippen LogP contribution in [0.2, 0.25) is 0 Å². The van der Waals surface area contributed by atoms with E-state index in [1.165, 1.54) is 50.7 Å². The molecule has 0 radical (unpaired) electrons. The van der Waals surface area contributed by atoms with Gasteiger partial charge >= 0.3 is 5.97 Å². The summed E-state index contributed by atoms with van der Waals surface area (Å²) in [7, 11) is 0. The van der Waals surface area contributed by atoms with Crippen LogP contribution < -0.4 is 11.2 Å². The van der Waals surface area contributed by atoms with Crippen molar-refractivity contribution in [3.05, 3.63) is 52.6 Å². The molecular weight excluding hydrogens is 482 g/mol. The van der Waals surface area contributed by atoms with E-state index in [1.807, 2.05) is 0 Å². The highest BCUT2D eigenvalue weighted by Gasteiger charge is 2.51. The Morgan fingerprint density at radius 2 is 1.74 bits per heavy atom. The van der Waals surface area contributed by atoms with Crippen molar-refractivity contribution in [2.75, 3.05) is 0 Å². The summed E-state index contributed by atoms with van der Waals surface area (Å²) in [5.74, 6) is 2.02. The number of amidine groups is 1. The number of amides is 1. The molecule has 0 atom stereocenters. The molecule has 38 heavy (non-hydrogen) atoms. The van der Waals surface area contributed by atoms with E-state index < -0.39 is 11.9 Å². The highest BCUT2D eigenvalue weighted by molar-refractivity contribution is 6.01. The molecule has 1 amide bonds. The molecule has 5 saturated carbocycles. The summed E-state index contributed by atoms with van der Waals surface area (Å²) in [6.07, 6.45) is 13.1. The highest BCUT2D eigenvalue weighted by atomic mass is 16.5. The Kier molecular flexibility index (Phi) is 6.72. The Bertz CT molecular complexity index is 1210. The van der Waals surface area contributed by atoms with Crippen molar-refractivity contribution in [1.29, 1.82) is 0 Å². The fraction of sp³-hybridized carbons (Fsp3) is 0.586. The zero-order chi connectivity index (χ0) is 26.3. The summed E-state index contributed by atoms with van der Waals surface area (Å²) in [6, 6.07) is 6.14. The van der Waals surface area contributed by atoms with Gasteiger partial charge in [-0.05, 0) is 81.3 Å². The van der Waals surface area contributed by atoms with Crippen LogP contribution in [0.1, 0.15) is 114 Å². The van der Waals surface area contributed by atoms with Crippen molar-refractivity contribution >= 4 is 17.7 Å². The number of imidazole rings is 1. The number of aromatic carboxylic acids is 1. The van der Waals surface area contributed by atoms with Crippen molar-refractivity contribution in [2.45, 2.75) is 88.8 Å². The van der Waals surface area contributed by atoms with Gasteiger partial charge in [0, 0.05) is 11.5 Å². The molecule has 5 aliphatic rings. The predicted octanol–water partition coefficient (Wildman–Crippen LogP) is 4.69. The first kappa shape index (κ1) is 25.1. The van der Waals surface area contributed by atoms with Gasteiger partial charge in [-0.2, -0.15) is 5.10 Å². The molecule has 2 aromatic rings. The summed E-state index contributed by atoms with van der Waals surface area (Å²) < 4.78 is 6.68. The quantitative estimate of drug-likeness (QED) is 0.226. The Hall–Kier alpha value is -3.20. The molecule has 1 heterocycles. The second kappa shape index (κ2) is 10.2. The lowest BCUT2D eigenvalue weighted by molar-refractivity contribution is -0.169. The summed E-state index contributed by atoms with van der Waals surface area (Å²) >= 11 is 0. The number of nitrogens with zero attached hydrogens (tertiary/aromatic N) is 2. The van der Waals surface area contributed by atoms with Crippen LogP contribution in [-0.2, 0) is 11.3 Å². The number of benzene rings is 1. The van der Waals surface area contributed by atoms with Gasteiger partial charge in [-0.1, -0.05) is 31.4 Å². The number of aromatic amines is 1. The van der Waals surface area contributed by atoms with Crippen LogP contribution in [0.5, 0.6) is 0 Å². The second-order valence-corrected chi connectivity index (χ2v) is 12.0. The molecule has 202 valence electrons. The number of ether oxygens (including phenoxy) is 1. The molecule has 5 fully saturated rings. The zero-order valence-electron chi connectivity index (χ0n) is 21.7. The molecule has 1 aromatic heterocycles. The van der Waals surface area contributed by atoms with E-state index in [9.17, 15) is 14.7 Å². The van der Waals surface area contributed by atoms with Gasteiger partial charge in [0.05, 0.1) is 23.5 Å². The summed E-state index contributed by atoms with van der Waals surface area (Å²) in [4.78, 5) is 32.8. The van der Waals surface area contributed by atoms with Crippen LogP contribution in [0.3, 0.4) is 0 Å². The molecule has 7 rings (SSSR count). The minimum atomic E-state index is -1.06. The topological polar surface area (TPSA) is 143 Å². The van der Waals surface area contributed by atoms with Crippen molar-refractivity contribution in [2.24, 2.45) is 28.6 Å². The van der Waals surface area contributed by atoms with E-state index in [-0.39, 0.29) is 17.0 Å². The van der Waals surface area contributed by atoms with Gasteiger partial charge in [-0.15, -0.1) is 0 Å². The average molecular weight is 520 g/mol. The van der Waals surface area contributed by atoms with Crippen molar-refractivity contribution in [1.82, 2.24) is 15.4 Å². The Labute approximate surface area is 222 Å². The number of rotatable bonds is 8. The number of nitrogens with two attached hydrogens (primary N) is 1. The maximum Gasteiger partial charge on any atom is 0.335 e. The molecule has 9 heteroatoms. The van der Waals surface area contributed by atoms with Gasteiger partial charge in [0.15, 0.2) is 11.5 Å². The summed E-state index contributed by atoms with van der Waals surface area (Å²) in [5.41, 5.74) is 10.0. The van der Waals surface area contributed by atoms with Crippen LogP contribution in [0.15, 0.2) is 29.4 Å². The van der Waals surface area contributed by atoms with E-state index in [0.717, 1.165) is 55.7 Å². The molecule has 0 unspecified atom stereocenters. The number of H-pyrrole nitrogens is 1. The molecule has 1 aromatic carbocycles. The van der Waals surface area contributed by atoms with Crippen molar-refractivity contribution in [3.8, 4) is 0 Å². The summed E-state index contributed by atoms with van der Waals surface area (Å²) in [6.45, 7) is 0.328. The largest absolute Gasteiger partial charge is 0.478 e. The predicted molar refractivity (Wildman–Crippen MR) is 142 cm³/mol. The molecule has 5 N–H and O–H groups in total. The molecule has 0 spiro atoms. The number of carboxylic acid groups (broad SMARTS) is 1. The normalized spacial score (nSPS) is 28.9. The van der Waals surface area contributed by atoms with E-state index in [2.05, 4.69) is 15.5 Å². The standard InChI is InChI=1S/C29H37N5O4/c30-25(21-7-4-8-22(12-21)28(36)37)33-34-27(35)24-23(31-26(32-24)20-5-2-1-3-6-20)16-38-29-13-17-9-18(14-29)11-19(10-17)15-29/h4,7-8,12,17-20H,1-3,5-6,9-11,13-16H2,(H2,30,33)(H,31,32)(H,34,35)(H,36,37).